The average molecular weight is 270 g/mol. The molecule has 106 valence electrons. The monoisotopic (exact) mass is 270 g/mol. The van der Waals surface area contributed by atoms with Crippen molar-refractivity contribution in [2.75, 3.05) is 5.32 Å². The smallest absolute Gasteiger partial charge is 0.0858 e. The van der Waals surface area contributed by atoms with Crippen LogP contribution in [-0.2, 0) is 0 Å². The van der Waals surface area contributed by atoms with Crippen LogP contribution in [0, 0.1) is 11.8 Å². The van der Waals surface area contributed by atoms with E-state index in [4.69, 9.17) is 0 Å². The van der Waals surface area contributed by atoms with Gasteiger partial charge in [-0.3, -0.25) is 0 Å². The summed E-state index contributed by atoms with van der Waals surface area (Å²) in [5.41, 5.74) is 2.18. The van der Waals surface area contributed by atoms with Crippen LogP contribution in [0.2, 0.25) is 0 Å². The zero-order chi connectivity index (χ0) is 13.9. The first-order valence-corrected chi connectivity index (χ1v) is 7.44. The van der Waals surface area contributed by atoms with Gasteiger partial charge in [0, 0.05) is 11.7 Å². The first kappa shape index (κ1) is 13.2. The summed E-state index contributed by atoms with van der Waals surface area (Å²) in [5, 5.41) is 11.9. The molecule has 1 fully saturated rings. The zero-order valence-corrected chi connectivity index (χ0v) is 12.2. The van der Waals surface area contributed by atoms with Gasteiger partial charge in [0.25, 0.3) is 0 Å². The lowest BCUT2D eigenvalue weighted by Gasteiger charge is -2.32. The first-order valence-electron chi connectivity index (χ1n) is 7.44. The number of hydrogen-bond donors (Lipinski definition) is 1. The van der Waals surface area contributed by atoms with Crippen molar-refractivity contribution in [1.82, 2.24) is 15.0 Å². The molecule has 4 nitrogen and oxygen atoms in total. The minimum atomic E-state index is 0.599. The predicted molar refractivity (Wildman–Crippen MR) is 80.9 cm³/mol. The highest BCUT2D eigenvalue weighted by molar-refractivity contribution is 5.48. The number of hydrogen-bond acceptors (Lipinski definition) is 3. The van der Waals surface area contributed by atoms with E-state index in [1.807, 2.05) is 0 Å². The maximum atomic E-state index is 4.14. The summed E-state index contributed by atoms with van der Waals surface area (Å²) in [4.78, 5) is 1.63. The summed E-state index contributed by atoms with van der Waals surface area (Å²) in [6, 6.07) is 8.93. The average Bonchev–Trinajstić information content (AvgIpc) is 2.92. The quantitative estimate of drug-likeness (QED) is 0.928. The Morgan fingerprint density at radius 2 is 1.55 bits per heavy atom. The molecule has 1 N–H and O–H groups in total. The maximum Gasteiger partial charge on any atom is 0.0858 e. The topological polar surface area (TPSA) is 42.7 Å². The van der Waals surface area contributed by atoms with Gasteiger partial charge in [-0.15, -0.1) is 0 Å². The third kappa shape index (κ3) is 3.00. The van der Waals surface area contributed by atoms with Crippen LogP contribution < -0.4 is 5.32 Å². The van der Waals surface area contributed by atoms with E-state index >= 15 is 0 Å². The molecule has 0 aliphatic heterocycles. The van der Waals surface area contributed by atoms with Crippen molar-refractivity contribution in [2.45, 2.75) is 39.2 Å². The van der Waals surface area contributed by atoms with Gasteiger partial charge in [-0.05, 0) is 55.4 Å². The third-order valence-electron chi connectivity index (χ3n) is 4.07. The Hall–Kier alpha value is -1.84. The summed E-state index contributed by atoms with van der Waals surface area (Å²) >= 11 is 0. The molecule has 3 rings (SSSR count). The molecule has 0 bridgehead atoms. The number of nitrogens with one attached hydrogen (secondary N) is 1. The van der Waals surface area contributed by atoms with Gasteiger partial charge in [-0.2, -0.15) is 15.0 Å². The fraction of sp³-hybridized carbons (Fsp3) is 0.500. The SMILES string of the molecule is CC1CC(C)CC(Nc2ccc(-n3nccn3)cc2)C1. The minimum Gasteiger partial charge on any atom is -0.382 e. The molecule has 1 aromatic carbocycles. The standard InChI is InChI=1S/C16H22N4/c1-12-9-13(2)11-15(10-12)19-14-3-5-16(6-4-14)20-17-7-8-18-20/h3-8,12-13,15,19H,9-11H2,1-2H3. The Morgan fingerprint density at radius 1 is 0.950 bits per heavy atom. The predicted octanol–water partition coefficient (Wildman–Crippen LogP) is 3.50. The number of benzene rings is 1. The van der Waals surface area contributed by atoms with E-state index in [0.717, 1.165) is 17.5 Å². The highest BCUT2D eigenvalue weighted by Crippen LogP contribution is 2.30. The third-order valence-corrected chi connectivity index (χ3v) is 4.07. The first-order chi connectivity index (χ1) is 9.70. The Morgan fingerprint density at radius 3 is 2.15 bits per heavy atom. The number of rotatable bonds is 3. The molecular weight excluding hydrogens is 248 g/mol. The van der Waals surface area contributed by atoms with Gasteiger partial charge in [-0.25, -0.2) is 0 Å². The van der Waals surface area contributed by atoms with Crippen molar-refractivity contribution in [3.05, 3.63) is 36.7 Å². The summed E-state index contributed by atoms with van der Waals surface area (Å²) in [5.74, 6) is 1.65. The highest BCUT2D eigenvalue weighted by atomic mass is 15.5. The molecule has 1 aliphatic carbocycles. The lowest BCUT2D eigenvalue weighted by Crippen LogP contribution is -2.30. The summed E-state index contributed by atoms with van der Waals surface area (Å²) in [7, 11) is 0. The lowest BCUT2D eigenvalue weighted by molar-refractivity contribution is 0.281. The van der Waals surface area contributed by atoms with Crippen LogP contribution in [0.3, 0.4) is 0 Å². The molecule has 2 atom stereocenters. The molecule has 1 aromatic heterocycles. The van der Waals surface area contributed by atoms with E-state index in [0.29, 0.717) is 6.04 Å². The molecule has 2 aromatic rings. The van der Waals surface area contributed by atoms with E-state index in [9.17, 15) is 0 Å². The van der Waals surface area contributed by atoms with Crippen LogP contribution in [0.25, 0.3) is 5.69 Å². The van der Waals surface area contributed by atoms with Crippen molar-refractivity contribution >= 4 is 5.69 Å². The van der Waals surface area contributed by atoms with Gasteiger partial charge in [0.05, 0.1) is 18.1 Å². The Balaban J connectivity index is 1.66. The van der Waals surface area contributed by atoms with Crippen molar-refractivity contribution in [3.8, 4) is 5.69 Å². The van der Waals surface area contributed by atoms with Gasteiger partial charge < -0.3 is 5.32 Å². The van der Waals surface area contributed by atoms with Gasteiger partial charge in [-0.1, -0.05) is 13.8 Å². The molecular formula is C16H22N4. The van der Waals surface area contributed by atoms with E-state index in [2.05, 4.69) is 53.6 Å². The molecule has 20 heavy (non-hydrogen) atoms. The van der Waals surface area contributed by atoms with Gasteiger partial charge in [0.1, 0.15) is 0 Å². The Bertz CT molecular complexity index is 522. The van der Waals surface area contributed by atoms with Crippen LogP contribution in [0.15, 0.2) is 36.7 Å². The van der Waals surface area contributed by atoms with Crippen molar-refractivity contribution in [3.63, 3.8) is 0 Å². The second kappa shape index (κ2) is 5.65. The summed E-state index contributed by atoms with van der Waals surface area (Å²) < 4.78 is 0. The van der Waals surface area contributed by atoms with Gasteiger partial charge in [0.15, 0.2) is 0 Å². The second-order valence-electron chi connectivity index (χ2n) is 6.12. The molecule has 1 heterocycles. The number of aromatic nitrogens is 3. The van der Waals surface area contributed by atoms with E-state index < -0.39 is 0 Å². The molecule has 4 heteroatoms. The number of anilines is 1. The van der Waals surface area contributed by atoms with Crippen LogP contribution in [-0.4, -0.2) is 21.0 Å². The lowest BCUT2D eigenvalue weighted by atomic mass is 9.80. The molecule has 1 aliphatic rings. The second-order valence-corrected chi connectivity index (χ2v) is 6.12. The largest absolute Gasteiger partial charge is 0.382 e. The Labute approximate surface area is 120 Å². The fourth-order valence-corrected chi connectivity index (χ4v) is 3.34. The normalized spacial score (nSPS) is 26.4. The Kier molecular flexibility index (Phi) is 3.72. The number of nitrogens with zero attached hydrogens (tertiary/aromatic N) is 3. The minimum absolute atomic E-state index is 0.599. The molecule has 0 amide bonds. The van der Waals surface area contributed by atoms with Crippen molar-refractivity contribution < 1.29 is 0 Å². The molecule has 0 saturated heterocycles. The highest BCUT2D eigenvalue weighted by Gasteiger charge is 2.23. The van der Waals surface area contributed by atoms with E-state index in [1.54, 1.807) is 17.2 Å². The van der Waals surface area contributed by atoms with Crippen LogP contribution >= 0.6 is 0 Å². The van der Waals surface area contributed by atoms with Gasteiger partial charge in [0.2, 0.25) is 0 Å². The van der Waals surface area contributed by atoms with Crippen LogP contribution in [0.5, 0.6) is 0 Å². The summed E-state index contributed by atoms with van der Waals surface area (Å²) in [6.45, 7) is 4.72. The van der Waals surface area contributed by atoms with E-state index in [-0.39, 0.29) is 0 Å². The molecule has 0 spiro atoms. The van der Waals surface area contributed by atoms with Gasteiger partial charge >= 0.3 is 0 Å². The molecule has 1 saturated carbocycles. The zero-order valence-electron chi connectivity index (χ0n) is 12.2. The summed E-state index contributed by atoms with van der Waals surface area (Å²) in [6.07, 6.45) is 7.29. The van der Waals surface area contributed by atoms with E-state index in [1.165, 1.54) is 24.9 Å². The van der Waals surface area contributed by atoms with Crippen molar-refractivity contribution in [1.29, 1.82) is 0 Å². The molecule has 0 radical (unpaired) electrons. The molecule has 2 unspecified atom stereocenters. The maximum absolute atomic E-state index is 4.14. The fourth-order valence-electron chi connectivity index (χ4n) is 3.34. The van der Waals surface area contributed by atoms with Crippen molar-refractivity contribution in [2.24, 2.45) is 11.8 Å². The van der Waals surface area contributed by atoms with Crippen LogP contribution in [0.4, 0.5) is 5.69 Å². The van der Waals surface area contributed by atoms with Crippen LogP contribution in [0.1, 0.15) is 33.1 Å².